The van der Waals surface area contributed by atoms with Crippen LogP contribution in [0.2, 0.25) is 0 Å². The fraction of sp³-hybridized carbons (Fsp3) is 0.933. The van der Waals surface area contributed by atoms with Crippen LogP contribution in [0.4, 0.5) is 0 Å². The SMILES string of the molecule is CCC[C@H](C)CN[C@@]1(C)CCCC[C@@H]1C(=O)OC. The molecule has 1 aliphatic rings. The topological polar surface area (TPSA) is 38.3 Å². The largest absolute Gasteiger partial charge is 0.469 e. The summed E-state index contributed by atoms with van der Waals surface area (Å²) in [4.78, 5) is 11.9. The van der Waals surface area contributed by atoms with Crippen LogP contribution in [0.15, 0.2) is 0 Å². The minimum absolute atomic E-state index is 0.0186. The highest BCUT2D eigenvalue weighted by atomic mass is 16.5. The van der Waals surface area contributed by atoms with E-state index >= 15 is 0 Å². The minimum atomic E-state index is -0.0760. The van der Waals surface area contributed by atoms with Crippen LogP contribution in [0.25, 0.3) is 0 Å². The number of hydrogen-bond acceptors (Lipinski definition) is 3. The molecule has 0 amide bonds. The Morgan fingerprint density at radius 2 is 2.22 bits per heavy atom. The van der Waals surface area contributed by atoms with E-state index in [4.69, 9.17) is 4.74 Å². The van der Waals surface area contributed by atoms with Crippen molar-refractivity contribution >= 4 is 5.97 Å². The molecule has 18 heavy (non-hydrogen) atoms. The molecule has 3 atom stereocenters. The number of hydrogen-bond donors (Lipinski definition) is 1. The van der Waals surface area contributed by atoms with Crippen LogP contribution in [0.3, 0.4) is 0 Å². The van der Waals surface area contributed by atoms with Gasteiger partial charge in [-0.15, -0.1) is 0 Å². The summed E-state index contributed by atoms with van der Waals surface area (Å²) >= 11 is 0. The van der Waals surface area contributed by atoms with Gasteiger partial charge in [0.2, 0.25) is 0 Å². The molecule has 1 aliphatic carbocycles. The number of methoxy groups -OCH3 is 1. The highest BCUT2D eigenvalue weighted by Crippen LogP contribution is 2.34. The molecule has 0 spiro atoms. The van der Waals surface area contributed by atoms with Crippen LogP contribution in [0.1, 0.15) is 59.3 Å². The number of ether oxygens (including phenoxy) is 1. The number of carbonyl (C=O) groups is 1. The van der Waals surface area contributed by atoms with Gasteiger partial charge in [-0.2, -0.15) is 0 Å². The van der Waals surface area contributed by atoms with Gasteiger partial charge in [0.15, 0.2) is 0 Å². The van der Waals surface area contributed by atoms with Crippen molar-refractivity contribution in [2.24, 2.45) is 11.8 Å². The smallest absolute Gasteiger partial charge is 0.310 e. The number of rotatable bonds is 6. The maximum atomic E-state index is 11.9. The molecule has 0 bridgehead atoms. The summed E-state index contributed by atoms with van der Waals surface area (Å²) in [5.41, 5.74) is -0.0760. The van der Waals surface area contributed by atoms with Gasteiger partial charge >= 0.3 is 5.97 Å². The molecule has 1 N–H and O–H groups in total. The number of esters is 1. The molecule has 0 aromatic carbocycles. The Kier molecular flexibility index (Phi) is 6.13. The molecular weight excluding hydrogens is 226 g/mol. The Balaban J connectivity index is 2.58. The molecule has 0 heterocycles. The maximum Gasteiger partial charge on any atom is 0.310 e. The standard InChI is InChI=1S/C15H29NO2/c1-5-8-12(2)11-16-15(3)10-7-6-9-13(15)14(17)18-4/h12-13,16H,5-11H2,1-4H3/t12-,13+,15-/m0/s1. The van der Waals surface area contributed by atoms with E-state index in [1.54, 1.807) is 0 Å². The third-order valence-electron chi connectivity index (χ3n) is 4.33. The third-order valence-corrected chi connectivity index (χ3v) is 4.33. The predicted octanol–water partition coefficient (Wildman–Crippen LogP) is 3.13. The molecule has 3 nitrogen and oxygen atoms in total. The Bertz CT molecular complexity index is 267. The summed E-state index contributed by atoms with van der Waals surface area (Å²) in [5.74, 6) is 0.643. The molecule has 0 radical (unpaired) electrons. The van der Waals surface area contributed by atoms with Crippen molar-refractivity contribution in [2.75, 3.05) is 13.7 Å². The molecule has 0 aromatic heterocycles. The Labute approximate surface area is 112 Å². The van der Waals surface area contributed by atoms with Gasteiger partial charge in [0.25, 0.3) is 0 Å². The summed E-state index contributed by atoms with van der Waals surface area (Å²) in [6, 6.07) is 0. The van der Waals surface area contributed by atoms with Crippen LogP contribution in [-0.4, -0.2) is 25.2 Å². The van der Waals surface area contributed by atoms with Crippen LogP contribution in [0, 0.1) is 11.8 Å². The van der Waals surface area contributed by atoms with Crippen molar-refractivity contribution in [1.29, 1.82) is 0 Å². The average molecular weight is 255 g/mol. The first-order valence-corrected chi connectivity index (χ1v) is 7.36. The first kappa shape index (κ1) is 15.5. The summed E-state index contributed by atoms with van der Waals surface area (Å²) in [6.07, 6.45) is 6.84. The van der Waals surface area contributed by atoms with Crippen molar-refractivity contribution in [1.82, 2.24) is 5.32 Å². The summed E-state index contributed by atoms with van der Waals surface area (Å²) in [6.45, 7) is 7.68. The second-order valence-electron chi connectivity index (χ2n) is 6.01. The summed E-state index contributed by atoms with van der Waals surface area (Å²) in [5, 5.41) is 3.65. The lowest BCUT2D eigenvalue weighted by Gasteiger charge is -2.41. The fourth-order valence-electron chi connectivity index (χ4n) is 3.07. The molecular formula is C15H29NO2. The lowest BCUT2D eigenvalue weighted by atomic mass is 9.73. The van der Waals surface area contributed by atoms with Crippen LogP contribution in [-0.2, 0) is 9.53 Å². The molecule has 1 saturated carbocycles. The Hall–Kier alpha value is -0.570. The number of carbonyl (C=O) groups excluding carboxylic acids is 1. The van der Waals surface area contributed by atoms with E-state index in [2.05, 4.69) is 26.1 Å². The van der Waals surface area contributed by atoms with E-state index in [9.17, 15) is 4.79 Å². The van der Waals surface area contributed by atoms with Gasteiger partial charge in [0.05, 0.1) is 13.0 Å². The van der Waals surface area contributed by atoms with Gasteiger partial charge in [-0.3, -0.25) is 4.79 Å². The van der Waals surface area contributed by atoms with Gasteiger partial charge in [-0.25, -0.2) is 0 Å². The second-order valence-corrected chi connectivity index (χ2v) is 6.01. The lowest BCUT2D eigenvalue weighted by molar-refractivity contribution is -0.149. The van der Waals surface area contributed by atoms with Crippen molar-refractivity contribution in [2.45, 2.75) is 64.8 Å². The molecule has 0 saturated heterocycles. The molecule has 0 aliphatic heterocycles. The highest BCUT2D eigenvalue weighted by molar-refractivity contribution is 5.74. The van der Waals surface area contributed by atoms with Crippen LogP contribution < -0.4 is 5.32 Å². The molecule has 0 unspecified atom stereocenters. The Morgan fingerprint density at radius 3 is 2.83 bits per heavy atom. The minimum Gasteiger partial charge on any atom is -0.469 e. The molecule has 0 aromatic rings. The van der Waals surface area contributed by atoms with Crippen LogP contribution >= 0.6 is 0 Å². The van der Waals surface area contributed by atoms with E-state index in [1.807, 2.05) is 0 Å². The zero-order chi connectivity index (χ0) is 13.6. The van der Waals surface area contributed by atoms with Crippen molar-refractivity contribution in [3.05, 3.63) is 0 Å². The Morgan fingerprint density at radius 1 is 1.50 bits per heavy atom. The van der Waals surface area contributed by atoms with E-state index in [0.29, 0.717) is 5.92 Å². The van der Waals surface area contributed by atoms with Gasteiger partial charge in [0, 0.05) is 5.54 Å². The molecule has 1 fully saturated rings. The number of nitrogens with one attached hydrogen (secondary N) is 1. The van der Waals surface area contributed by atoms with Crippen LogP contribution in [0.5, 0.6) is 0 Å². The quantitative estimate of drug-likeness (QED) is 0.741. The van der Waals surface area contributed by atoms with Gasteiger partial charge < -0.3 is 10.1 Å². The van der Waals surface area contributed by atoms with E-state index < -0.39 is 0 Å². The molecule has 106 valence electrons. The lowest BCUT2D eigenvalue weighted by Crippen LogP contribution is -2.54. The van der Waals surface area contributed by atoms with E-state index in [1.165, 1.54) is 26.4 Å². The monoisotopic (exact) mass is 255 g/mol. The summed E-state index contributed by atoms with van der Waals surface area (Å²) in [7, 11) is 1.50. The van der Waals surface area contributed by atoms with Crippen molar-refractivity contribution in [3.63, 3.8) is 0 Å². The zero-order valence-corrected chi connectivity index (χ0v) is 12.4. The third kappa shape index (κ3) is 3.98. The molecule has 3 heteroatoms. The van der Waals surface area contributed by atoms with E-state index in [0.717, 1.165) is 25.8 Å². The van der Waals surface area contributed by atoms with Gasteiger partial charge in [-0.1, -0.05) is 33.1 Å². The van der Waals surface area contributed by atoms with Gasteiger partial charge in [-0.05, 0) is 38.6 Å². The second kappa shape index (κ2) is 7.13. The predicted molar refractivity (Wildman–Crippen MR) is 74.5 cm³/mol. The molecule has 1 rings (SSSR count). The van der Waals surface area contributed by atoms with E-state index in [-0.39, 0.29) is 17.4 Å². The normalized spacial score (nSPS) is 29.9. The fourth-order valence-corrected chi connectivity index (χ4v) is 3.07. The zero-order valence-electron chi connectivity index (χ0n) is 12.4. The maximum absolute atomic E-state index is 11.9. The van der Waals surface area contributed by atoms with Crippen molar-refractivity contribution < 1.29 is 9.53 Å². The summed E-state index contributed by atoms with van der Waals surface area (Å²) < 4.78 is 4.96. The first-order chi connectivity index (χ1) is 8.53. The highest BCUT2D eigenvalue weighted by Gasteiger charge is 2.41. The van der Waals surface area contributed by atoms with Gasteiger partial charge in [0.1, 0.15) is 0 Å². The van der Waals surface area contributed by atoms with Crippen molar-refractivity contribution in [3.8, 4) is 0 Å². The average Bonchev–Trinajstić information content (AvgIpc) is 2.36. The first-order valence-electron chi connectivity index (χ1n) is 7.36.